The van der Waals surface area contributed by atoms with Gasteiger partial charge < -0.3 is 19.8 Å². The van der Waals surface area contributed by atoms with Crippen LogP contribution in [0.3, 0.4) is 0 Å². The largest absolute Gasteiger partial charge is 0.396 e. The van der Waals surface area contributed by atoms with Gasteiger partial charge in [-0.25, -0.2) is 0 Å². The first-order valence-corrected chi connectivity index (χ1v) is 8.40. The van der Waals surface area contributed by atoms with Gasteiger partial charge in [0.25, 0.3) is 0 Å². The van der Waals surface area contributed by atoms with Crippen LogP contribution in [0.2, 0.25) is 0 Å². The molecule has 2 N–H and O–H groups in total. The van der Waals surface area contributed by atoms with Gasteiger partial charge in [-0.1, -0.05) is 24.3 Å². The lowest BCUT2D eigenvalue weighted by Crippen LogP contribution is -2.38. The van der Waals surface area contributed by atoms with E-state index in [-0.39, 0.29) is 42.7 Å². The van der Waals surface area contributed by atoms with Crippen molar-refractivity contribution < 1.29 is 19.7 Å². The third-order valence-corrected chi connectivity index (χ3v) is 5.91. The van der Waals surface area contributed by atoms with Crippen LogP contribution in [0.5, 0.6) is 0 Å². The number of aliphatic hydroxyl groups excluding tert-OH is 2. The molecule has 1 aromatic carbocycles. The number of fused-ring (bicyclic) bond motifs is 1. The van der Waals surface area contributed by atoms with E-state index in [9.17, 15) is 9.90 Å². The Kier molecular flexibility index (Phi) is 3.67. The maximum Gasteiger partial charge on any atom is 0.227 e. The van der Waals surface area contributed by atoms with Crippen molar-refractivity contribution in [2.75, 3.05) is 19.7 Å². The summed E-state index contributed by atoms with van der Waals surface area (Å²) in [6.45, 7) is 1.54. The second kappa shape index (κ2) is 5.58. The number of likely N-dealkylation sites (tertiary alicyclic amines) is 1. The lowest BCUT2D eigenvalue weighted by Gasteiger charge is -2.27. The van der Waals surface area contributed by atoms with Crippen LogP contribution in [0.4, 0.5) is 0 Å². The minimum Gasteiger partial charge on any atom is -0.396 e. The first-order valence-electron chi connectivity index (χ1n) is 8.40. The SMILES string of the molecule is O=C(Cc1ccc(CO)cc1)N1C[C@H]2[C@@H](CO)[C@@H]3CC[C@@]2(C1)O3. The smallest absolute Gasteiger partial charge is 0.227 e. The molecule has 1 amide bonds. The van der Waals surface area contributed by atoms with Gasteiger partial charge >= 0.3 is 0 Å². The number of carbonyl (C=O) groups is 1. The normalized spacial score (nSPS) is 34.9. The molecule has 0 aromatic heterocycles. The summed E-state index contributed by atoms with van der Waals surface area (Å²) in [7, 11) is 0. The predicted octanol–water partition coefficient (Wildman–Crippen LogP) is 0.720. The van der Waals surface area contributed by atoms with Gasteiger partial charge in [-0.3, -0.25) is 4.79 Å². The number of carbonyl (C=O) groups excluding carboxylic acids is 1. The molecule has 3 heterocycles. The van der Waals surface area contributed by atoms with Crippen molar-refractivity contribution in [3.8, 4) is 0 Å². The molecule has 4 rings (SSSR count). The molecule has 0 saturated carbocycles. The van der Waals surface area contributed by atoms with Crippen LogP contribution in [0.1, 0.15) is 24.0 Å². The van der Waals surface area contributed by atoms with Crippen LogP contribution in [0, 0.1) is 11.8 Å². The minimum absolute atomic E-state index is 0.0194. The van der Waals surface area contributed by atoms with E-state index in [1.165, 1.54) is 0 Å². The van der Waals surface area contributed by atoms with Gasteiger partial charge in [0.15, 0.2) is 0 Å². The Hall–Kier alpha value is -1.43. The molecule has 4 atom stereocenters. The van der Waals surface area contributed by atoms with Crippen LogP contribution in [0.15, 0.2) is 24.3 Å². The van der Waals surface area contributed by atoms with Crippen LogP contribution >= 0.6 is 0 Å². The highest BCUT2D eigenvalue weighted by Crippen LogP contribution is 2.54. The number of rotatable bonds is 4. The summed E-state index contributed by atoms with van der Waals surface area (Å²) in [4.78, 5) is 14.5. The van der Waals surface area contributed by atoms with Gasteiger partial charge in [-0.05, 0) is 24.0 Å². The van der Waals surface area contributed by atoms with E-state index in [2.05, 4.69) is 0 Å². The zero-order valence-electron chi connectivity index (χ0n) is 13.1. The standard InChI is InChI=1S/C18H23NO4/c20-9-13-3-1-12(2-4-13)7-17(22)19-8-15-14(10-21)16-5-6-18(15,11-19)23-16/h1-4,14-16,20-21H,5-11H2/t14-,15+,16+,18+/m1/s1. The zero-order chi connectivity index (χ0) is 16.0. The molecule has 0 radical (unpaired) electrons. The van der Waals surface area contributed by atoms with E-state index in [1.54, 1.807) is 0 Å². The van der Waals surface area contributed by atoms with Gasteiger partial charge in [-0.2, -0.15) is 0 Å². The van der Waals surface area contributed by atoms with Crippen molar-refractivity contribution in [2.24, 2.45) is 11.8 Å². The van der Waals surface area contributed by atoms with E-state index in [4.69, 9.17) is 9.84 Å². The van der Waals surface area contributed by atoms with Gasteiger partial charge in [0.05, 0.1) is 31.3 Å². The Morgan fingerprint density at radius 2 is 2.00 bits per heavy atom. The molecule has 124 valence electrons. The maximum absolute atomic E-state index is 12.6. The first kappa shape index (κ1) is 15.1. The van der Waals surface area contributed by atoms with Crippen molar-refractivity contribution >= 4 is 5.91 Å². The molecule has 1 aromatic rings. The highest BCUT2D eigenvalue weighted by atomic mass is 16.5. The summed E-state index contributed by atoms with van der Waals surface area (Å²) in [5.41, 5.74) is 1.62. The molecule has 0 unspecified atom stereocenters. The topological polar surface area (TPSA) is 70.0 Å². The third kappa shape index (κ3) is 2.38. The second-order valence-corrected chi connectivity index (χ2v) is 7.14. The van der Waals surface area contributed by atoms with Crippen LogP contribution in [-0.2, 0) is 22.6 Å². The van der Waals surface area contributed by atoms with Crippen molar-refractivity contribution in [3.63, 3.8) is 0 Å². The molecule has 3 saturated heterocycles. The Morgan fingerprint density at radius 1 is 1.26 bits per heavy atom. The monoisotopic (exact) mass is 317 g/mol. The Bertz CT molecular complexity index is 602. The minimum atomic E-state index is -0.200. The second-order valence-electron chi connectivity index (χ2n) is 7.14. The van der Waals surface area contributed by atoms with Crippen molar-refractivity contribution in [2.45, 2.75) is 37.6 Å². The zero-order valence-corrected chi connectivity index (χ0v) is 13.1. The summed E-state index contributed by atoms with van der Waals surface area (Å²) in [5, 5.41) is 18.7. The average molecular weight is 317 g/mol. The number of nitrogens with zero attached hydrogens (tertiary/aromatic N) is 1. The maximum atomic E-state index is 12.6. The highest BCUT2D eigenvalue weighted by Gasteiger charge is 2.63. The number of amides is 1. The van der Waals surface area contributed by atoms with Crippen molar-refractivity contribution in [1.29, 1.82) is 0 Å². The highest BCUT2D eigenvalue weighted by molar-refractivity contribution is 5.79. The number of hydrogen-bond donors (Lipinski definition) is 2. The van der Waals surface area contributed by atoms with Gasteiger partial charge in [0.1, 0.15) is 0 Å². The predicted molar refractivity (Wildman–Crippen MR) is 83.6 cm³/mol. The number of aliphatic hydroxyl groups is 2. The van der Waals surface area contributed by atoms with E-state index in [1.807, 2.05) is 29.2 Å². The molecule has 3 fully saturated rings. The number of ether oxygens (including phenoxy) is 1. The summed E-state index contributed by atoms with van der Waals surface area (Å²) >= 11 is 0. The van der Waals surface area contributed by atoms with E-state index >= 15 is 0 Å². The van der Waals surface area contributed by atoms with Gasteiger partial charge in [0, 0.05) is 25.0 Å². The molecule has 3 aliphatic heterocycles. The quantitative estimate of drug-likeness (QED) is 0.858. The van der Waals surface area contributed by atoms with Crippen LogP contribution < -0.4 is 0 Å². The molecule has 23 heavy (non-hydrogen) atoms. The van der Waals surface area contributed by atoms with Crippen LogP contribution in [-0.4, -0.2) is 52.4 Å². The Balaban J connectivity index is 1.44. The first-order chi connectivity index (χ1) is 11.1. The average Bonchev–Trinajstić information content (AvgIpc) is 3.22. The molecule has 5 nitrogen and oxygen atoms in total. The molecule has 3 aliphatic rings. The van der Waals surface area contributed by atoms with Crippen LogP contribution in [0.25, 0.3) is 0 Å². The van der Waals surface area contributed by atoms with E-state index in [0.717, 1.165) is 24.0 Å². The Morgan fingerprint density at radius 3 is 2.70 bits per heavy atom. The fourth-order valence-electron chi connectivity index (χ4n) is 4.67. The third-order valence-electron chi connectivity index (χ3n) is 5.91. The van der Waals surface area contributed by atoms with Crippen molar-refractivity contribution in [1.82, 2.24) is 4.90 Å². The molecular weight excluding hydrogens is 294 g/mol. The molecule has 5 heteroatoms. The molecule has 0 aliphatic carbocycles. The summed E-state index contributed by atoms with van der Waals surface area (Å²) in [6.07, 6.45) is 2.58. The van der Waals surface area contributed by atoms with E-state index < -0.39 is 0 Å². The van der Waals surface area contributed by atoms with Gasteiger partial charge in [0.2, 0.25) is 5.91 Å². The van der Waals surface area contributed by atoms with Gasteiger partial charge in [-0.15, -0.1) is 0 Å². The lowest BCUT2D eigenvalue weighted by atomic mass is 9.74. The summed E-state index contributed by atoms with van der Waals surface area (Å²) in [5.74, 6) is 0.589. The van der Waals surface area contributed by atoms with E-state index in [0.29, 0.717) is 19.5 Å². The number of hydrogen-bond acceptors (Lipinski definition) is 4. The summed E-state index contributed by atoms with van der Waals surface area (Å²) < 4.78 is 6.17. The fourth-order valence-corrected chi connectivity index (χ4v) is 4.67. The molecule has 1 spiro atoms. The van der Waals surface area contributed by atoms with Crippen molar-refractivity contribution in [3.05, 3.63) is 35.4 Å². The molecular formula is C18H23NO4. The molecule has 2 bridgehead atoms. The Labute approximate surface area is 135 Å². The summed E-state index contributed by atoms with van der Waals surface area (Å²) in [6, 6.07) is 7.51. The fraction of sp³-hybridized carbons (Fsp3) is 0.611. The number of benzene rings is 1. The lowest BCUT2D eigenvalue weighted by molar-refractivity contribution is -0.131.